The van der Waals surface area contributed by atoms with Gasteiger partial charge in [0.2, 0.25) is 0 Å². The lowest BCUT2D eigenvalue weighted by Gasteiger charge is -2.36. The van der Waals surface area contributed by atoms with Crippen LogP contribution in [0.15, 0.2) is 0 Å². The highest BCUT2D eigenvalue weighted by Crippen LogP contribution is 2.32. The highest BCUT2D eigenvalue weighted by Gasteiger charge is 2.28. The third-order valence-electron chi connectivity index (χ3n) is 3.52. The van der Waals surface area contributed by atoms with Crippen molar-refractivity contribution in [2.75, 3.05) is 11.4 Å². The Morgan fingerprint density at radius 1 is 1.42 bits per heavy atom. The van der Waals surface area contributed by atoms with E-state index in [0.717, 1.165) is 19.4 Å². The predicted molar refractivity (Wildman–Crippen MR) is 74.3 cm³/mol. The fourth-order valence-electron chi connectivity index (χ4n) is 2.51. The van der Waals surface area contributed by atoms with Crippen molar-refractivity contribution in [2.45, 2.75) is 39.7 Å². The van der Waals surface area contributed by atoms with Crippen molar-refractivity contribution in [1.29, 1.82) is 0 Å². The van der Waals surface area contributed by atoms with Gasteiger partial charge in [0.15, 0.2) is 16.6 Å². The monoisotopic (exact) mass is 282 g/mol. The van der Waals surface area contributed by atoms with Crippen molar-refractivity contribution in [3.05, 3.63) is 10.6 Å². The summed E-state index contributed by atoms with van der Waals surface area (Å²) in [6, 6.07) is 0.330. The van der Waals surface area contributed by atoms with Crippen LogP contribution in [0.1, 0.15) is 53.8 Å². The molecule has 1 aliphatic rings. The smallest absolute Gasteiger partial charge is 0.356 e. The maximum Gasteiger partial charge on any atom is 0.356 e. The standard InChI is InChI=1S/C13H18N2O3S/c1-7-4-5-15(8(2)6-7)13-14-10(12(17)18)11(19-13)9(3)16/h7-8H,4-6H2,1-3H3,(H,17,18). The molecule has 2 unspecified atom stereocenters. The van der Waals surface area contributed by atoms with Crippen LogP contribution in [-0.4, -0.2) is 34.4 Å². The summed E-state index contributed by atoms with van der Waals surface area (Å²) in [7, 11) is 0. The molecule has 1 aromatic rings. The van der Waals surface area contributed by atoms with E-state index in [1.807, 2.05) is 0 Å². The van der Waals surface area contributed by atoms with Gasteiger partial charge in [0.1, 0.15) is 4.88 Å². The van der Waals surface area contributed by atoms with Gasteiger partial charge >= 0.3 is 5.97 Å². The number of carboxylic acid groups (broad SMARTS) is 1. The Hall–Kier alpha value is -1.43. The molecule has 2 atom stereocenters. The number of aromatic carboxylic acids is 1. The highest BCUT2D eigenvalue weighted by molar-refractivity contribution is 7.17. The number of anilines is 1. The summed E-state index contributed by atoms with van der Waals surface area (Å²) in [6.45, 7) is 6.59. The predicted octanol–water partition coefficient (Wildman–Crippen LogP) is 2.67. The number of piperidine rings is 1. The first-order chi connectivity index (χ1) is 8.90. The number of carbonyl (C=O) groups is 2. The number of thiazole rings is 1. The van der Waals surface area contributed by atoms with E-state index in [-0.39, 0.29) is 16.4 Å². The van der Waals surface area contributed by atoms with Crippen molar-refractivity contribution in [1.82, 2.24) is 4.98 Å². The van der Waals surface area contributed by atoms with Gasteiger partial charge in [-0.05, 0) is 25.7 Å². The van der Waals surface area contributed by atoms with E-state index in [2.05, 4.69) is 23.7 Å². The molecule has 0 bridgehead atoms. The lowest BCUT2D eigenvalue weighted by Crippen LogP contribution is -2.40. The SMILES string of the molecule is CC(=O)c1sc(N2CCC(C)CC2C)nc1C(=O)O. The highest BCUT2D eigenvalue weighted by atomic mass is 32.1. The first-order valence-electron chi connectivity index (χ1n) is 6.41. The number of aromatic nitrogens is 1. The molecule has 5 nitrogen and oxygen atoms in total. The van der Waals surface area contributed by atoms with Crippen LogP contribution in [0.2, 0.25) is 0 Å². The van der Waals surface area contributed by atoms with Crippen molar-refractivity contribution < 1.29 is 14.7 Å². The number of ketones is 1. The van der Waals surface area contributed by atoms with Gasteiger partial charge < -0.3 is 10.0 Å². The van der Waals surface area contributed by atoms with Gasteiger partial charge in [-0.3, -0.25) is 4.79 Å². The second-order valence-electron chi connectivity index (χ2n) is 5.21. The first-order valence-corrected chi connectivity index (χ1v) is 7.23. The van der Waals surface area contributed by atoms with Crippen LogP contribution in [0.4, 0.5) is 5.13 Å². The fourth-order valence-corrected chi connectivity index (χ4v) is 3.59. The number of carboxylic acids is 1. The quantitative estimate of drug-likeness (QED) is 0.863. The molecular formula is C13H18N2O3S. The van der Waals surface area contributed by atoms with Gasteiger partial charge in [0.25, 0.3) is 0 Å². The number of nitrogens with zero attached hydrogens (tertiary/aromatic N) is 2. The average Bonchev–Trinajstić information content (AvgIpc) is 2.73. The molecule has 1 aliphatic heterocycles. The molecule has 1 fully saturated rings. The molecule has 1 saturated heterocycles. The Morgan fingerprint density at radius 2 is 2.11 bits per heavy atom. The van der Waals surface area contributed by atoms with Gasteiger partial charge in [0.05, 0.1) is 0 Å². The molecule has 0 saturated carbocycles. The maximum absolute atomic E-state index is 11.5. The Kier molecular flexibility index (Phi) is 3.89. The van der Waals surface area contributed by atoms with Crippen LogP contribution >= 0.6 is 11.3 Å². The Balaban J connectivity index is 2.33. The zero-order chi connectivity index (χ0) is 14.2. The molecule has 6 heteroatoms. The van der Waals surface area contributed by atoms with Crippen LogP contribution in [0, 0.1) is 5.92 Å². The molecule has 0 amide bonds. The summed E-state index contributed by atoms with van der Waals surface area (Å²) in [4.78, 5) is 29.1. The molecular weight excluding hydrogens is 264 g/mol. The molecule has 0 radical (unpaired) electrons. The van der Waals surface area contributed by atoms with Crippen molar-refractivity contribution in [2.24, 2.45) is 5.92 Å². The zero-order valence-electron chi connectivity index (χ0n) is 11.3. The van der Waals surface area contributed by atoms with E-state index in [9.17, 15) is 9.59 Å². The zero-order valence-corrected chi connectivity index (χ0v) is 12.2. The van der Waals surface area contributed by atoms with Crippen LogP contribution < -0.4 is 4.90 Å². The number of hydrogen-bond donors (Lipinski definition) is 1. The Bertz CT molecular complexity index is 480. The van der Waals surface area contributed by atoms with Crippen LogP contribution in [0.25, 0.3) is 0 Å². The minimum Gasteiger partial charge on any atom is -0.476 e. The van der Waals surface area contributed by atoms with Crippen molar-refractivity contribution in [3.8, 4) is 0 Å². The molecule has 2 rings (SSSR count). The second kappa shape index (κ2) is 5.28. The Morgan fingerprint density at radius 3 is 2.58 bits per heavy atom. The summed E-state index contributed by atoms with van der Waals surface area (Å²) in [6.07, 6.45) is 2.14. The van der Waals surface area contributed by atoms with Crippen molar-refractivity contribution >= 4 is 28.2 Å². The fraction of sp³-hybridized carbons (Fsp3) is 0.615. The van der Waals surface area contributed by atoms with E-state index in [4.69, 9.17) is 5.11 Å². The molecule has 104 valence electrons. The van der Waals surface area contributed by atoms with Crippen molar-refractivity contribution in [3.63, 3.8) is 0 Å². The van der Waals surface area contributed by atoms with E-state index < -0.39 is 5.97 Å². The molecule has 0 aliphatic carbocycles. The van der Waals surface area contributed by atoms with Crippen LogP contribution in [0.5, 0.6) is 0 Å². The van der Waals surface area contributed by atoms with E-state index in [0.29, 0.717) is 17.1 Å². The minimum atomic E-state index is -1.13. The van der Waals surface area contributed by atoms with Gasteiger partial charge in [-0.1, -0.05) is 18.3 Å². The number of Topliss-reactive ketones (excluding diaryl/α,β-unsaturated/α-hetero) is 1. The maximum atomic E-state index is 11.5. The summed E-state index contributed by atoms with van der Waals surface area (Å²) in [5.41, 5.74) is -0.113. The normalized spacial score (nSPS) is 23.4. The lowest BCUT2D eigenvalue weighted by molar-refractivity contribution is 0.0687. The molecule has 1 aromatic heterocycles. The first kappa shape index (κ1) is 14.0. The molecule has 0 spiro atoms. The van der Waals surface area contributed by atoms with Gasteiger partial charge in [-0.25, -0.2) is 9.78 Å². The second-order valence-corrected chi connectivity index (χ2v) is 6.18. The molecule has 19 heavy (non-hydrogen) atoms. The number of carbonyl (C=O) groups excluding carboxylic acids is 1. The van der Waals surface area contributed by atoms with E-state index in [1.54, 1.807) is 0 Å². The molecule has 0 aromatic carbocycles. The number of rotatable bonds is 3. The summed E-state index contributed by atoms with van der Waals surface area (Å²) < 4.78 is 0. The summed E-state index contributed by atoms with van der Waals surface area (Å²) in [5.74, 6) is -0.692. The minimum absolute atomic E-state index is 0.113. The van der Waals surface area contributed by atoms with Gasteiger partial charge in [-0.15, -0.1) is 0 Å². The average molecular weight is 282 g/mol. The van der Waals surface area contributed by atoms with E-state index in [1.165, 1.54) is 18.3 Å². The summed E-state index contributed by atoms with van der Waals surface area (Å²) >= 11 is 1.19. The third-order valence-corrected chi connectivity index (χ3v) is 4.72. The largest absolute Gasteiger partial charge is 0.476 e. The van der Waals surface area contributed by atoms with Crippen LogP contribution in [0.3, 0.4) is 0 Å². The Labute approximate surface area is 116 Å². The third kappa shape index (κ3) is 2.78. The summed E-state index contributed by atoms with van der Waals surface area (Å²) in [5, 5.41) is 9.76. The van der Waals surface area contributed by atoms with Crippen LogP contribution in [-0.2, 0) is 0 Å². The van der Waals surface area contributed by atoms with E-state index >= 15 is 0 Å². The number of hydrogen-bond acceptors (Lipinski definition) is 5. The molecule has 1 N–H and O–H groups in total. The molecule has 2 heterocycles. The van der Waals surface area contributed by atoms with Gasteiger partial charge in [-0.2, -0.15) is 0 Å². The van der Waals surface area contributed by atoms with Gasteiger partial charge in [0, 0.05) is 19.5 Å². The lowest BCUT2D eigenvalue weighted by atomic mass is 9.94. The topological polar surface area (TPSA) is 70.5 Å².